The number of nitrogens with zero attached hydrogens (tertiary/aromatic N) is 1. The molecule has 4 amide bonds. The molecule has 0 radical (unpaired) electrons. The largest absolute Gasteiger partial charge is 0.338 e. The molecule has 6 nitrogen and oxygen atoms in total. The first kappa shape index (κ1) is 16.6. The Morgan fingerprint density at radius 3 is 2.75 bits per heavy atom. The van der Waals surface area contributed by atoms with Gasteiger partial charge in [0.05, 0.1) is 0 Å². The summed E-state index contributed by atoms with van der Waals surface area (Å²) in [6, 6.07) is 10.3. The number of rotatable bonds is 5. The summed E-state index contributed by atoms with van der Waals surface area (Å²) in [5.74, 6) is 1.11. The number of carbonyl (C=O) groups is 2. The normalized spacial score (nSPS) is 25.2. The van der Waals surface area contributed by atoms with Gasteiger partial charge in [-0.3, -0.25) is 0 Å². The molecule has 0 unspecified atom stereocenters. The fourth-order valence-corrected chi connectivity index (χ4v) is 3.37. The molecule has 2 fully saturated rings. The number of carbonyl (C=O) groups excluding carboxylic acids is 2. The van der Waals surface area contributed by atoms with Gasteiger partial charge in [-0.05, 0) is 37.2 Å². The minimum absolute atomic E-state index is 0.0386. The van der Waals surface area contributed by atoms with Crippen molar-refractivity contribution < 1.29 is 9.59 Å². The highest BCUT2D eigenvalue weighted by atomic mass is 16.2. The Hall–Kier alpha value is -2.24. The standard InChI is InChI=1S/C18H26N4O2/c1-2-19-18(24)22-9-8-15(12-22)21-17(23)20-11-14-10-16(14)13-6-4-3-5-7-13/h3-7,14-16H,2,8-12H2,1H3,(H,19,24)(H2,20,21,23)/t14-,15+,16+/m1/s1. The number of hydrogen-bond donors (Lipinski definition) is 3. The monoisotopic (exact) mass is 330 g/mol. The predicted molar refractivity (Wildman–Crippen MR) is 92.9 cm³/mol. The Kier molecular flexibility index (Phi) is 5.23. The molecule has 1 heterocycles. The Morgan fingerprint density at radius 2 is 2.00 bits per heavy atom. The van der Waals surface area contributed by atoms with Crippen molar-refractivity contribution in [2.75, 3.05) is 26.2 Å². The van der Waals surface area contributed by atoms with E-state index < -0.39 is 0 Å². The number of urea groups is 2. The van der Waals surface area contributed by atoms with Crippen LogP contribution in [0.2, 0.25) is 0 Å². The number of hydrogen-bond acceptors (Lipinski definition) is 2. The van der Waals surface area contributed by atoms with E-state index in [0.29, 0.717) is 38.0 Å². The van der Waals surface area contributed by atoms with E-state index in [9.17, 15) is 9.59 Å². The third-order valence-corrected chi connectivity index (χ3v) is 4.81. The second-order valence-electron chi connectivity index (χ2n) is 6.63. The smallest absolute Gasteiger partial charge is 0.317 e. The van der Waals surface area contributed by atoms with Crippen LogP contribution in [0.3, 0.4) is 0 Å². The molecule has 1 aromatic carbocycles. The van der Waals surface area contributed by atoms with Gasteiger partial charge < -0.3 is 20.9 Å². The third-order valence-electron chi connectivity index (χ3n) is 4.81. The fourth-order valence-electron chi connectivity index (χ4n) is 3.37. The summed E-state index contributed by atoms with van der Waals surface area (Å²) in [7, 11) is 0. The maximum absolute atomic E-state index is 12.0. The van der Waals surface area contributed by atoms with Gasteiger partial charge >= 0.3 is 12.1 Å². The van der Waals surface area contributed by atoms with Gasteiger partial charge in [-0.25, -0.2) is 9.59 Å². The molecule has 3 rings (SSSR count). The van der Waals surface area contributed by atoms with E-state index in [4.69, 9.17) is 0 Å². The lowest BCUT2D eigenvalue weighted by molar-refractivity contribution is 0.207. The molecule has 0 spiro atoms. The molecule has 1 saturated carbocycles. The Labute approximate surface area is 143 Å². The summed E-state index contributed by atoms with van der Waals surface area (Å²) in [4.78, 5) is 25.5. The van der Waals surface area contributed by atoms with E-state index in [-0.39, 0.29) is 18.1 Å². The van der Waals surface area contributed by atoms with Crippen LogP contribution in [0.25, 0.3) is 0 Å². The van der Waals surface area contributed by atoms with Crippen LogP contribution >= 0.6 is 0 Å². The number of nitrogens with one attached hydrogen (secondary N) is 3. The van der Waals surface area contributed by atoms with Gasteiger partial charge in [0.15, 0.2) is 0 Å². The van der Waals surface area contributed by atoms with E-state index in [1.165, 1.54) is 5.56 Å². The van der Waals surface area contributed by atoms with Crippen molar-refractivity contribution >= 4 is 12.1 Å². The van der Waals surface area contributed by atoms with Crippen LogP contribution in [0.4, 0.5) is 9.59 Å². The van der Waals surface area contributed by atoms with E-state index in [0.717, 1.165) is 12.8 Å². The molecular formula is C18H26N4O2. The summed E-state index contributed by atoms with van der Waals surface area (Å²) in [6.07, 6.45) is 1.94. The highest BCUT2D eigenvalue weighted by molar-refractivity contribution is 5.76. The highest BCUT2D eigenvalue weighted by Crippen LogP contribution is 2.46. The maximum atomic E-state index is 12.0. The van der Waals surface area contributed by atoms with E-state index in [1.54, 1.807) is 4.90 Å². The minimum atomic E-state index is -0.128. The Morgan fingerprint density at radius 1 is 1.21 bits per heavy atom. The zero-order valence-electron chi connectivity index (χ0n) is 14.1. The van der Waals surface area contributed by atoms with E-state index in [1.807, 2.05) is 13.0 Å². The minimum Gasteiger partial charge on any atom is -0.338 e. The first-order chi connectivity index (χ1) is 11.7. The van der Waals surface area contributed by atoms with Crippen LogP contribution in [-0.2, 0) is 0 Å². The molecular weight excluding hydrogens is 304 g/mol. The van der Waals surface area contributed by atoms with Crippen LogP contribution < -0.4 is 16.0 Å². The maximum Gasteiger partial charge on any atom is 0.317 e. The first-order valence-corrected chi connectivity index (χ1v) is 8.79. The molecule has 1 aliphatic heterocycles. The van der Waals surface area contributed by atoms with Crippen molar-refractivity contribution in [3.8, 4) is 0 Å². The zero-order valence-corrected chi connectivity index (χ0v) is 14.1. The van der Waals surface area contributed by atoms with Gasteiger partial charge in [-0.15, -0.1) is 0 Å². The lowest BCUT2D eigenvalue weighted by atomic mass is 10.1. The van der Waals surface area contributed by atoms with Crippen molar-refractivity contribution in [1.29, 1.82) is 0 Å². The second kappa shape index (κ2) is 7.55. The van der Waals surface area contributed by atoms with Gasteiger partial charge in [0.2, 0.25) is 0 Å². The molecule has 6 heteroatoms. The molecule has 1 saturated heterocycles. The fraction of sp³-hybridized carbons (Fsp3) is 0.556. The third kappa shape index (κ3) is 4.19. The summed E-state index contributed by atoms with van der Waals surface area (Å²) in [5, 5.41) is 8.73. The molecule has 0 bridgehead atoms. The number of benzene rings is 1. The molecule has 0 aromatic heterocycles. The van der Waals surface area contributed by atoms with Crippen molar-refractivity contribution in [2.24, 2.45) is 5.92 Å². The second-order valence-corrected chi connectivity index (χ2v) is 6.63. The molecule has 1 aromatic rings. The average Bonchev–Trinajstić information content (AvgIpc) is 3.23. The molecule has 3 N–H and O–H groups in total. The quantitative estimate of drug-likeness (QED) is 0.771. The van der Waals surface area contributed by atoms with Crippen molar-refractivity contribution in [3.05, 3.63) is 35.9 Å². The van der Waals surface area contributed by atoms with Crippen molar-refractivity contribution in [1.82, 2.24) is 20.9 Å². The van der Waals surface area contributed by atoms with Gasteiger partial charge in [0.25, 0.3) is 0 Å². The lowest BCUT2D eigenvalue weighted by Crippen LogP contribution is -2.45. The van der Waals surface area contributed by atoms with E-state index >= 15 is 0 Å². The van der Waals surface area contributed by atoms with E-state index in [2.05, 4.69) is 40.2 Å². The molecule has 2 aliphatic rings. The van der Waals surface area contributed by atoms with Crippen LogP contribution in [0.1, 0.15) is 31.2 Å². The van der Waals surface area contributed by atoms with Crippen molar-refractivity contribution in [2.45, 2.75) is 31.7 Å². The van der Waals surface area contributed by atoms with Gasteiger partial charge in [0, 0.05) is 32.2 Å². The van der Waals surface area contributed by atoms with Crippen LogP contribution in [0, 0.1) is 5.92 Å². The summed E-state index contributed by atoms with van der Waals surface area (Å²) in [5.41, 5.74) is 1.36. The first-order valence-electron chi connectivity index (χ1n) is 8.79. The topological polar surface area (TPSA) is 73.5 Å². The Bertz CT molecular complexity index is 578. The SMILES string of the molecule is CCNC(=O)N1CC[C@H](NC(=O)NC[C@H]2C[C@H]2c2ccccc2)C1. The van der Waals surface area contributed by atoms with Crippen LogP contribution in [0.5, 0.6) is 0 Å². The van der Waals surface area contributed by atoms with Gasteiger partial charge in [-0.1, -0.05) is 30.3 Å². The lowest BCUT2D eigenvalue weighted by Gasteiger charge is -2.17. The zero-order chi connectivity index (χ0) is 16.9. The van der Waals surface area contributed by atoms with Crippen LogP contribution in [-0.4, -0.2) is 49.2 Å². The number of likely N-dealkylation sites (tertiary alicyclic amines) is 1. The van der Waals surface area contributed by atoms with Crippen molar-refractivity contribution in [3.63, 3.8) is 0 Å². The summed E-state index contributed by atoms with van der Waals surface area (Å²) in [6.45, 7) is 4.50. The Balaban J connectivity index is 1.35. The molecule has 24 heavy (non-hydrogen) atoms. The average molecular weight is 330 g/mol. The number of amides is 4. The molecule has 1 aliphatic carbocycles. The van der Waals surface area contributed by atoms with Crippen LogP contribution in [0.15, 0.2) is 30.3 Å². The predicted octanol–water partition coefficient (Wildman–Crippen LogP) is 1.89. The molecule has 130 valence electrons. The van der Waals surface area contributed by atoms with Gasteiger partial charge in [0.1, 0.15) is 0 Å². The summed E-state index contributed by atoms with van der Waals surface area (Å²) >= 11 is 0. The highest BCUT2D eigenvalue weighted by Gasteiger charge is 2.38. The summed E-state index contributed by atoms with van der Waals surface area (Å²) < 4.78 is 0. The molecule has 3 atom stereocenters. The van der Waals surface area contributed by atoms with Gasteiger partial charge in [-0.2, -0.15) is 0 Å².